The van der Waals surface area contributed by atoms with Crippen LogP contribution in [0.15, 0.2) is 23.2 Å². The van der Waals surface area contributed by atoms with Crippen molar-refractivity contribution >= 4 is 12.2 Å². The van der Waals surface area contributed by atoms with Gasteiger partial charge in [0.1, 0.15) is 6.54 Å². The summed E-state index contributed by atoms with van der Waals surface area (Å²) in [6, 6.07) is 3.73. The van der Waals surface area contributed by atoms with Gasteiger partial charge in [-0.3, -0.25) is 9.79 Å². The Hall–Kier alpha value is -1.78. The highest BCUT2D eigenvalue weighted by atomic mass is 19.2. The van der Waals surface area contributed by atoms with Gasteiger partial charge in [0.25, 0.3) is 0 Å². The van der Waals surface area contributed by atoms with Gasteiger partial charge in [-0.05, 0) is 6.07 Å². The molecule has 0 radical (unpaired) electrons. The van der Waals surface area contributed by atoms with Crippen LogP contribution in [0.2, 0.25) is 0 Å². The molecule has 0 fully saturated rings. The van der Waals surface area contributed by atoms with E-state index >= 15 is 0 Å². The van der Waals surface area contributed by atoms with Crippen LogP contribution in [0, 0.1) is 11.6 Å². The highest BCUT2D eigenvalue weighted by molar-refractivity contribution is 5.82. The largest absolute Gasteiger partial charge is 0.468 e. The average Bonchev–Trinajstić information content (AvgIpc) is 2.24. The first kappa shape index (κ1) is 11.3. The Morgan fingerprint density at radius 1 is 1.53 bits per heavy atom. The van der Waals surface area contributed by atoms with Crippen molar-refractivity contribution in [3.05, 3.63) is 35.4 Å². The first-order chi connectivity index (χ1) is 7.15. The molecule has 0 aromatic heterocycles. The molecule has 0 aliphatic heterocycles. The van der Waals surface area contributed by atoms with Crippen molar-refractivity contribution in [2.24, 2.45) is 4.99 Å². The van der Waals surface area contributed by atoms with E-state index < -0.39 is 17.6 Å². The van der Waals surface area contributed by atoms with E-state index in [1.54, 1.807) is 0 Å². The molecule has 1 aromatic carbocycles. The number of nitrogens with zero attached hydrogens (tertiary/aromatic N) is 1. The molecule has 15 heavy (non-hydrogen) atoms. The van der Waals surface area contributed by atoms with Gasteiger partial charge in [0.05, 0.1) is 7.11 Å². The molecule has 0 saturated carbocycles. The fourth-order valence-electron chi connectivity index (χ4n) is 0.903. The van der Waals surface area contributed by atoms with E-state index in [0.717, 1.165) is 12.3 Å². The normalized spacial score (nSPS) is 10.6. The number of esters is 1. The SMILES string of the molecule is COC(=O)CN=Cc1cccc(F)c1F. The number of hydrogen-bond acceptors (Lipinski definition) is 3. The van der Waals surface area contributed by atoms with Gasteiger partial charge in [-0.15, -0.1) is 0 Å². The van der Waals surface area contributed by atoms with Crippen molar-refractivity contribution < 1.29 is 18.3 Å². The number of ether oxygens (including phenoxy) is 1. The van der Waals surface area contributed by atoms with E-state index in [1.165, 1.54) is 19.2 Å². The van der Waals surface area contributed by atoms with Crippen molar-refractivity contribution in [2.75, 3.05) is 13.7 Å². The summed E-state index contributed by atoms with van der Waals surface area (Å²) in [7, 11) is 1.22. The summed E-state index contributed by atoms with van der Waals surface area (Å²) in [5.41, 5.74) is -0.00102. The maximum Gasteiger partial charge on any atom is 0.327 e. The van der Waals surface area contributed by atoms with Crippen LogP contribution in [0.25, 0.3) is 0 Å². The third-order valence-electron chi connectivity index (χ3n) is 1.66. The number of carbonyl (C=O) groups excluding carboxylic acids is 1. The monoisotopic (exact) mass is 213 g/mol. The Labute approximate surface area is 85.4 Å². The molecule has 0 unspecified atom stereocenters. The topological polar surface area (TPSA) is 38.7 Å². The third kappa shape index (κ3) is 3.12. The Bertz CT molecular complexity index is 391. The van der Waals surface area contributed by atoms with Gasteiger partial charge in [0.2, 0.25) is 0 Å². The molecule has 0 atom stereocenters. The van der Waals surface area contributed by atoms with Gasteiger partial charge in [-0.2, -0.15) is 0 Å². The summed E-state index contributed by atoms with van der Waals surface area (Å²) < 4.78 is 30.1. The van der Waals surface area contributed by atoms with Crippen LogP contribution in [-0.4, -0.2) is 25.8 Å². The van der Waals surface area contributed by atoms with Crippen LogP contribution in [0.4, 0.5) is 8.78 Å². The highest BCUT2D eigenvalue weighted by Crippen LogP contribution is 2.08. The maximum absolute atomic E-state index is 13.0. The van der Waals surface area contributed by atoms with Gasteiger partial charge >= 0.3 is 5.97 Å². The Morgan fingerprint density at radius 3 is 2.93 bits per heavy atom. The van der Waals surface area contributed by atoms with Crippen molar-refractivity contribution in [1.29, 1.82) is 0 Å². The molecule has 5 heteroatoms. The third-order valence-corrected chi connectivity index (χ3v) is 1.66. The molecule has 80 valence electrons. The molecule has 3 nitrogen and oxygen atoms in total. The molecule has 0 aliphatic rings. The van der Waals surface area contributed by atoms with Crippen LogP contribution in [0.5, 0.6) is 0 Å². The lowest BCUT2D eigenvalue weighted by molar-refractivity contribution is -0.138. The van der Waals surface area contributed by atoms with Gasteiger partial charge < -0.3 is 4.74 Å². The van der Waals surface area contributed by atoms with E-state index in [4.69, 9.17) is 0 Å². The summed E-state index contributed by atoms with van der Waals surface area (Å²) in [4.78, 5) is 14.3. The zero-order chi connectivity index (χ0) is 11.3. The van der Waals surface area contributed by atoms with Crippen LogP contribution >= 0.6 is 0 Å². The Balaban J connectivity index is 2.72. The zero-order valence-electron chi connectivity index (χ0n) is 8.04. The second-order valence-electron chi connectivity index (χ2n) is 2.69. The molecular formula is C10H9F2NO2. The minimum absolute atomic E-state index is 0.00102. The predicted molar refractivity (Wildman–Crippen MR) is 50.8 cm³/mol. The van der Waals surface area contributed by atoms with E-state index in [2.05, 4.69) is 9.73 Å². The fraction of sp³-hybridized carbons (Fsp3) is 0.200. The molecule has 0 aliphatic carbocycles. The Kier molecular flexibility index (Phi) is 3.91. The number of rotatable bonds is 3. The molecule has 0 heterocycles. The van der Waals surface area contributed by atoms with Crippen molar-refractivity contribution in [2.45, 2.75) is 0 Å². The number of hydrogen-bond donors (Lipinski definition) is 0. The number of methoxy groups -OCH3 is 1. The minimum atomic E-state index is -0.980. The average molecular weight is 213 g/mol. The predicted octanol–water partition coefficient (Wildman–Crippen LogP) is 1.56. The first-order valence-electron chi connectivity index (χ1n) is 4.16. The van der Waals surface area contributed by atoms with Crippen LogP contribution in [0.3, 0.4) is 0 Å². The second kappa shape index (κ2) is 5.19. The lowest BCUT2D eigenvalue weighted by Crippen LogP contribution is -2.04. The Morgan fingerprint density at radius 2 is 2.27 bits per heavy atom. The fourth-order valence-corrected chi connectivity index (χ4v) is 0.903. The molecule has 0 amide bonds. The first-order valence-corrected chi connectivity index (χ1v) is 4.16. The van der Waals surface area contributed by atoms with E-state index in [-0.39, 0.29) is 12.1 Å². The zero-order valence-corrected chi connectivity index (χ0v) is 8.04. The summed E-state index contributed by atoms with van der Waals surface area (Å²) in [5, 5.41) is 0. The van der Waals surface area contributed by atoms with E-state index in [0.29, 0.717) is 0 Å². The molecule has 0 bridgehead atoms. The molecule has 1 rings (SSSR count). The van der Waals surface area contributed by atoms with Gasteiger partial charge in [0.15, 0.2) is 11.6 Å². The van der Waals surface area contributed by atoms with Gasteiger partial charge in [-0.1, -0.05) is 12.1 Å². The quantitative estimate of drug-likeness (QED) is 0.564. The van der Waals surface area contributed by atoms with Crippen molar-refractivity contribution in [3.63, 3.8) is 0 Å². The number of halogens is 2. The lowest BCUT2D eigenvalue weighted by Gasteiger charge is -1.97. The molecular weight excluding hydrogens is 204 g/mol. The maximum atomic E-state index is 13.0. The smallest absolute Gasteiger partial charge is 0.327 e. The molecule has 0 N–H and O–H groups in total. The highest BCUT2D eigenvalue weighted by Gasteiger charge is 2.04. The molecule has 0 saturated heterocycles. The number of benzene rings is 1. The van der Waals surface area contributed by atoms with E-state index in [9.17, 15) is 13.6 Å². The minimum Gasteiger partial charge on any atom is -0.468 e. The van der Waals surface area contributed by atoms with Crippen LogP contribution in [-0.2, 0) is 9.53 Å². The van der Waals surface area contributed by atoms with Crippen molar-refractivity contribution in [1.82, 2.24) is 0 Å². The second-order valence-corrected chi connectivity index (χ2v) is 2.69. The summed E-state index contributed by atoms with van der Waals surface area (Å²) in [6.45, 7) is -0.216. The van der Waals surface area contributed by atoms with Crippen LogP contribution in [0.1, 0.15) is 5.56 Å². The summed E-state index contributed by atoms with van der Waals surface area (Å²) in [6.07, 6.45) is 1.09. The van der Waals surface area contributed by atoms with Crippen LogP contribution < -0.4 is 0 Å². The van der Waals surface area contributed by atoms with Gasteiger partial charge in [-0.25, -0.2) is 8.78 Å². The summed E-state index contributed by atoms with van der Waals surface area (Å²) in [5.74, 6) is -2.47. The van der Waals surface area contributed by atoms with Crippen molar-refractivity contribution in [3.8, 4) is 0 Å². The van der Waals surface area contributed by atoms with Gasteiger partial charge in [0, 0.05) is 11.8 Å². The van der Waals surface area contributed by atoms with E-state index in [1.807, 2.05) is 0 Å². The lowest BCUT2D eigenvalue weighted by atomic mass is 10.2. The number of aliphatic imine (C=N–C) groups is 1. The molecule has 0 spiro atoms. The number of carbonyl (C=O) groups is 1. The molecule has 1 aromatic rings. The summed E-state index contributed by atoms with van der Waals surface area (Å²) >= 11 is 0. The standard InChI is InChI=1S/C10H9F2NO2/c1-15-9(14)6-13-5-7-3-2-4-8(11)10(7)12/h2-5H,6H2,1H3.